The van der Waals surface area contributed by atoms with Crippen LogP contribution < -0.4 is 4.74 Å². The molecule has 1 rings (SSSR count). The van der Waals surface area contributed by atoms with Crippen molar-refractivity contribution in [1.82, 2.24) is 0 Å². The minimum atomic E-state index is -4.18. The normalized spacial score (nSPS) is 11.4. The van der Waals surface area contributed by atoms with Crippen molar-refractivity contribution in [2.24, 2.45) is 0 Å². The van der Waals surface area contributed by atoms with Crippen molar-refractivity contribution in [1.29, 1.82) is 0 Å². The number of ether oxygens (including phenoxy) is 1. The number of hydrogen-bond donors (Lipinski definition) is 1. The van der Waals surface area contributed by atoms with Gasteiger partial charge in [-0.15, -0.1) is 0 Å². The molecule has 0 unspecified atom stereocenters. The summed E-state index contributed by atoms with van der Waals surface area (Å²) in [4.78, 5) is 10.8. The second-order valence-corrected chi connectivity index (χ2v) is 4.31. The third-order valence-electron chi connectivity index (χ3n) is 2.56. The summed E-state index contributed by atoms with van der Waals surface area (Å²) in [7, 11) is 0. The average molecular weight is 276 g/mol. The predicted octanol–water partition coefficient (Wildman–Crippen LogP) is 3.72. The van der Waals surface area contributed by atoms with Gasteiger partial charge in [0.1, 0.15) is 5.75 Å². The molecule has 0 saturated carbocycles. The lowest BCUT2D eigenvalue weighted by atomic mass is 10.1. The Bertz CT molecular complexity index is 444. The number of benzene rings is 1. The minimum absolute atomic E-state index is 0.0480. The second-order valence-electron chi connectivity index (χ2n) is 4.31. The van der Waals surface area contributed by atoms with Crippen molar-refractivity contribution in [3.8, 4) is 5.75 Å². The van der Waals surface area contributed by atoms with Crippen LogP contribution in [-0.4, -0.2) is 23.9 Å². The van der Waals surface area contributed by atoms with Crippen LogP contribution in [0.5, 0.6) is 5.75 Å². The highest BCUT2D eigenvalue weighted by Gasteiger charge is 2.26. The monoisotopic (exact) mass is 276 g/mol. The van der Waals surface area contributed by atoms with Crippen molar-refractivity contribution in [3.63, 3.8) is 0 Å². The van der Waals surface area contributed by atoms with E-state index in [1.54, 1.807) is 13.8 Å². The fourth-order valence-electron chi connectivity index (χ4n) is 1.75. The molecule has 0 aromatic heterocycles. The molecule has 0 radical (unpaired) electrons. The Morgan fingerprint density at radius 3 is 2.21 bits per heavy atom. The van der Waals surface area contributed by atoms with Crippen LogP contribution in [0.1, 0.15) is 34.3 Å². The van der Waals surface area contributed by atoms with Crippen molar-refractivity contribution >= 4 is 5.97 Å². The lowest BCUT2D eigenvalue weighted by Crippen LogP contribution is -2.10. The molecule has 0 bridgehead atoms. The Morgan fingerprint density at radius 1 is 1.26 bits per heavy atom. The number of halogens is 3. The van der Waals surface area contributed by atoms with Crippen LogP contribution in [0.2, 0.25) is 0 Å². The molecule has 1 N–H and O–H groups in total. The molecular weight excluding hydrogens is 261 g/mol. The summed E-state index contributed by atoms with van der Waals surface area (Å²) in [6.45, 7) is 3.28. The first-order valence-electron chi connectivity index (χ1n) is 5.75. The summed E-state index contributed by atoms with van der Waals surface area (Å²) in [6, 6.07) is 2.88. The highest BCUT2D eigenvalue weighted by Crippen LogP contribution is 2.26. The Morgan fingerprint density at radius 2 is 1.79 bits per heavy atom. The van der Waals surface area contributed by atoms with Gasteiger partial charge < -0.3 is 9.84 Å². The number of aryl methyl sites for hydroxylation is 2. The summed E-state index contributed by atoms with van der Waals surface area (Å²) in [5, 5.41) is 8.86. The maximum absolute atomic E-state index is 12.0. The number of carboxylic acids is 1. The van der Waals surface area contributed by atoms with Crippen LogP contribution in [0, 0.1) is 13.8 Å². The first-order valence-corrected chi connectivity index (χ1v) is 5.75. The van der Waals surface area contributed by atoms with E-state index in [-0.39, 0.29) is 18.6 Å². The fourth-order valence-corrected chi connectivity index (χ4v) is 1.75. The zero-order valence-electron chi connectivity index (χ0n) is 10.7. The standard InChI is InChI=1S/C13H15F3O3/c1-8-6-10(12(17)18)7-9(2)11(8)19-5-3-4-13(14,15)16/h6-7H,3-5H2,1-2H3,(H,17,18). The molecule has 0 saturated heterocycles. The van der Waals surface area contributed by atoms with E-state index in [2.05, 4.69) is 0 Å². The van der Waals surface area contributed by atoms with Crippen LogP contribution in [0.15, 0.2) is 12.1 Å². The van der Waals surface area contributed by atoms with Crippen molar-refractivity contribution < 1.29 is 27.8 Å². The molecule has 3 nitrogen and oxygen atoms in total. The molecule has 6 heteroatoms. The van der Waals surface area contributed by atoms with Gasteiger partial charge in [-0.3, -0.25) is 0 Å². The van der Waals surface area contributed by atoms with E-state index < -0.39 is 18.6 Å². The predicted molar refractivity (Wildman–Crippen MR) is 63.7 cm³/mol. The lowest BCUT2D eigenvalue weighted by Gasteiger charge is -2.13. The third kappa shape index (κ3) is 4.81. The summed E-state index contributed by atoms with van der Waals surface area (Å²) in [5.41, 5.74) is 1.34. The molecule has 0 fully saturated rings. The van der Waals surface area contributed by atoms with E-state index in [9.17, 15) is 18.0 Å². The van der Waals surface area contributed by atoms with Gasteiger partial charge in [-0.1, -0.05) is 0 Å². The Balaban J connectivity index is 2.67. The van der Waals surface area contributed by atoms with E-state index >= 15 is 0 Å². The van der Waals surface area contributed by atoms with Gasteiger partial charge in [-0.2, -0.15) is 13.2 Å². The van der Waals surface area contributed by atoms with Gasteiger partial charge >= 0.3 is 12.1 Å². The quantitative estimate of drug-likeness (QED) is 0.834. The molecule has 0 heterocycles. The first-order chi connectivity index (χ1) is 8.70. The van der Waals surface area contributed by atoms with E-state index in [4.69, 9.17) is 9.84 Å². The molecule has 0 spiro atoms. The van der Waals surface area contributed by atoms with Crippen LogP contribution in [0.3, 0.4) is 0 Å². The molecule has 0 atom stereocenters. The van der Waals surface area contributed by atoms with Gasteiger partial charge in [0, 0.05) is 6.42 Å². The average Bonchev–Trinajstić information content (AvgIpc) is 2.25. The first kappa shape index (κ1) is 15.3. The van der Waals surface area contributed by atoms with E-state index in [1.807, 2.05) is 0 Å². The van der Waals surface area contributed by atoms with Crippen LogP contribution >= 0.6 is 0 Å². The zero-order chi connectivity index (χ0) is 14.6. The summed E-state index contributed by atoms with van der Waals surface area (Å²) >= 11 is 0. The van der Waals surface area contributed by atoms with Gasteiger partial charge in [-0.05, 0) is 43.5 Å². The Hall–Kier alpha value is -1.72. The highest BCUT2D eigenvalue weighted by atomic mass is 19.4. The molecule has 0 aliphatic rings. The number of alkyl halides is 3. The van der Waals surface area contributed by atoms with Crippen molar-refractivity contribution in [2.75, 3.05) is 6.61 Å². The smallest absolute Gasteiger partial charge is 0.389 e. The molecule has 19 heavy (non-hydrogen) atoms. The van der Waals surface area contributed by atoms with E-state index in [1.165, 1.54) is 12.1 Å². The maximum Gasteiger partial charge on any atom is 0.389 e. The molecule has 1 aromatic carbocycles. The van der Waals surface area contributed by atoms with E-state index in [0.717, 1.165) is 0 Å². The van der Waals surface area contributed by atoms with Crippen LogP contribution in [0.25, 0.3) is 0 Å². The number of aromatic carboxylic acids is 1. The van der Waals surface area contributed by atoms with Crippen LogP contribution in [-0.2, 0) is 0 Å². The van der Waals surface area contributed by atoms with E-state index in [0.29, 0.717) is 16.9 Å². The summed E-state index contributed by atoms with van der Waals surface area (Å²) in [5.74, 6) is -0.595. The molecular formula is C13H15F3O3. The lowest BCUT2D eigenvalue weighted by molar-refractivity contribution is -0.136. The summed E-state index contributed by atoms with van der Waals surface area (Å²) < 4.78 is 41.2. The molecule has 0 aliphatic heterocycles. The molecule has 106 valence electrons. The second kappa shape index (κ2) is 5.95. The van der Waals surface area contributed by atoms with Gasteiger partial charge in [0.25, 0.3) is 0 Å². The van der Waals surface area contributed by atoms with Gasteiger partial charge in [0.2, 0.25) is 0 Å². The number of hydrogen-bond acceptors (Lipinski definition) is 2. The fraction of sp³-hybridized carbons (Fsp3) is 0.462. The third-order valence-corrected chi connectivity index (χ3v) is 2.56. The number of carbonyl (C=O) groups is 1. The largest absolute Gasteiger partial charge is 0.493 e. The molecule has 1 aromatic rings. The topological polar surface area (TPSA) is 46.5 Å². The van der Waals surface area contributed by atoms with Gasteiger partial charge in [0.15, 0.2) is 0 Å². The number of carboxylic acid groups (broad SMARTS) is 1. The van der Waals surface area contributed by atoms with Gasteiger partial charge in [0.05, 0.1) is 12.2 Å². The van der Waals surface area contributed by atoms with Crippen molar-refractivity contribution in [3.05, 3.63) is 28.8 Å². The summed E-state index contributed by atoms with van der Waals surface area (Å²) in [6.07, 6.45) is -5.19. The number of rotatable bonds is 5. The Labute approximate surface area is 109 Å². The van der Waals surface area contributed by atoms with Crippen molar-refractivity contribution in [2.45, 2.75) is 32.9 Å². The maximum atomic E-state index is 12.0. The van der Waals surface area contributed by atoms with Crippen LogP contribution in [0.4, 0.5) is 13.2 Å². The Kier molecular flexibility index (Phi) is 4.80. The molecule has 0 amide bonds. The zero-order valence-corrected chi connectivity index (χ0v) is 10.7. The SMILES string of the molecule is Cc1cc(C(=O)O)cc(C)c1OCCCC(F)(F)F. The molecule has 0 aliphatic carbocycles. The minimum Gasteiger partial charge on any atom is -0.493 e. The highest BCUT2D eigenvalue weighted by molar-refractivity contribution is 5.88. The van der Waals surface area contributed by atoms with Gasteiger partial charge in [-0.25, -0.2) is 4.79 Å².